The average Bonchev–Trinajstić information content (AvgIpc) is 3.14. The molecule has 1 aromatic heterocycles. The van der Waals surface area contributed by atoms with Crippen molar-refractivity contribution in [1.82, 2.24) is 9.88 Å². The van der Waals surface area contributed by atoms with Crippen LogP contribution in [0.1, 0.15) is 25.3 Å². The van der Waals surface area contributed by atoms with Crippen molar-refractivity contribution in [1.29, 1.82) is 0 Å². The first-order valence-corrected chi connectivity index (χ1v) is 8.84. The highest BCUT2D eigenvalue weighted by atomic mass is 16.5. The molecule has 2 heterocycles. The molecule has 0 unspecified atom stereocenters. The first-order chi connectivity index (χ1) is 12.2. The van der Waals surface area contributed by atoms with Gasteiger partial charge in [0.05, 0.1) is 6.04 Å². The van der Waals surface area contributed by atoms with Crippen LogP contribution in [0.2, 0.25) is 0 Å². The summed E-state index contributed by atoms with van der Waals surface area (Å²) in [6.45, 7) is 3.19. The molecule has 2 aromatic rings. The number of nitrogens with zero attached hydrogens (tertiary/aromatic N) is 2. The van der Waals surface area contributed by atoms with Crippen molar-refractivity contribution in [3.63, 3.8) is 0 Å². The van der Waals surface area contributed by atoms with Crippen LogP contribution in [0.3, 0.4) is 0 Å². The maximum atomic E-state index is 12.9. The van der Waals surface area contributed by atoms with Crippen molar-refractivity contribution in [2.24, 2.45) is 5.92 Å². The summed E-state index contributed by atoms with van der Waals surface area (Å²) in [7, 11) is 0. The molecule has 4 heteroatoms. The number of carbonyl (C=O) groups is 1. The minimum atomic E-state index is 0.0716. The van der Waals surface area contributed by atoms with Crippen molar-refractivity contribution in [3.8, 4) is 16.9 Å². The zero-order valence-corrected chi connectivity index (χ0v) is 14.4. The Labute approximate surface area is 148 Å². The Morgan fingerprint density at radius 1 is 1.20 bits per heavy atom. The number of benzene rings is 1. The fourth-order valence-corrected chi connectivity index (χ4v) is 3.55. The molecule has 4 rings (SSSR count). The van der Waals surface area contributed by atoms with Gasteiger partial charge in [0.25, 0.3) is 0 Å². The standard InChI is InChI=1S/C21H22N2O2/c1-15-14-25-20-9-8-17(18-7-4-10-22-12-18)11-19(20)13-23(15)21(24)16-5-2-3-6-16/h2-4,7-12,15-16H,5-6,13-14H2,1H3/t15-/m0/s1. The van der Waals surface area contributed by atoms with Gasteiger partial charge in [-0.3, -0.25) is 9.78 Å². The Hall–Kier alpha value is -2.62. The topological polar surface area (TPSA) is 42.4 Å². The minimum absolute atomic E-state index is 0.0716. The van der Waals surface area contributed by atoms with Gasteiger partial charge in [-0.25, -0.2) is 0 Å². The summed E-state index contributed by atoms with van der Waals surface area (Å²) in [5, 5.41) is 0. The molecule has 1 aliphatic carbocycles. The molecular weight excluding hydrogens is 312 g/mol. The van der Waals surface area contributed by atoms with Crippen LogP contribution in [-0.4, -0.2) is 28.4 Å². The number of ether oxygens (including phenoxy) is 1. The van der Waals surface area contributed by atoms with E-state index in [1.165, 1.54) is 0 Å². The molecule has 0 bridgehead atoms. The Balaban J connectivity index is 1.63. The Morgan fingerprint density at radius 2 is 2.04 bits per heavy atom. The molecule has 0 fully saturated rings. The summed E-state index contributed by atoms with van der Waals surface area (Å²) in [4.78, 5) is 19.1. The van der Waals surface area contributed by atoms with Crippen LogP contribution in [-0.2, 0) is 11.3 Å². The van der Waals surface area contributed by atoms with Crippen molar-refractivity contribution in [2.45, 2.75) is 32.4 Å². The van der Waals surface area contributed by atoms with Crippen LogP contribution < -0.4 is 4.74 Å². The Morgan fingerprint density at radius 3 is 2.80 bits per heavy atom. The second-order valence-corrected chi connectivity index (χ2v) is 6.83. The van der Waals surface area contributed by atoms with Gasteiger partial charge in [-0.15, -0.1) is 0 Å². The maximum absolute atomic E-state index is 12.9. The summed E-state index contributed by atoms with van der Waals surface area (Å²) >= 11 is 0. The number of allylic oxidation sites excluding steroid dienone is 2. The summed E-state index contributed by atoms with van der Waals surface area (Å²) in [6, 6.07) is 10.2. The van der Waals surface area contributed by atoms with E-state index >= 15 is 0 Å². The lowest BCUT2D eigenvalue weighted by atomic mass is 10.0. The van der Waals surface area contributed by atoms with Gasteiger partial charge in [0.15, 0.2) is 0 Å². The van der Waals surface area contributed by atoms with Crippen LogP contribution in [0.4, 0.5) is 0 Å². The van der Waals surface area contributed by atoms with Gasteiger partial charge < -0.3 is 9.64 Å². The quantitative estimate of drug-likeness (QED) is 0.784. The summed E-state index contributed by atoms with van der Waals surface area (Å²) in [6.07, 6.45) is 9.55. The second kappa shape index (κ2) is 6.71. The van der Waals surface area contributed by atoms with Crippen LogP contribution in [0, 0.1) is 5.92 Å². The lowest BCUT2D eigenvalue weighted by Gasteiger charge is -2.29. The van der Waals surface area contributed by atoms with Crippen LogP contribution in [0.25, 0.3) is 11.1 Å². The molecule has 0 saturated heterocycles. The van der Waals surface area contributed by atoms with Gasteiger partial charge in [0, 0.05) is 36.0 Å². The summed E-state index contributed by atoms with van der Waals surface area (Å²) in [5.41, 5.74) is 3.23. The van der Waals surface area contributed by atoms with Gasteiger partial charge in [-0.1, -0.05) is 24.3 Å². The molecule has 0 saturated carbocycles. The highest BCUT2D eigenvalue weighted by Gasteiger charge is 2.31. The van der Waals surface area contributed by atoms with E-state index in [9.17, 15) is 4.79 Å². The zero-order valence-electron chi connectivity index (χ0n) is 14.4. The predicted octanol–water partition coefficient (Wildman–Crippen LogP) is 3.82. The fraction of sp³-hybridized carbons (Fsp3) is 0.333. The average molecular weight is 334 g/mol. The normalized spacial score (nSPS) is 20.0. The third kappa shape index (κ3) is 3.16. The van der Waals surface area contributed by atoms with Gasteiger partial charge in [0.1, 0.15) is 12.4 Å². The van der Waals surface area contributed by atoms with Gasteiger partial charge in [-0.2, -0.15) is 0 Å². The Kier molecular flexibility index (Phi) is 4.26. The third-order valence-electron chi connectivity index (χ3n) is 5.05. The van der Waals surface area contributed by atoms with Crippen molar-refractivity contribution >= 4 is 5.91 Å². The first-order valence-electron chi connectivity index (χ1n) is 8.84. The van der Waals surface area contributed by atoms with E-state index < -0.39 is 0 Å². The number of pyridine rings is 1. The number of rotatable bonds is 2. The lowest BCUT2D eigenvalue weighted by molar-refractivity contribution is -0.138. The largest absolute Gasteiger partial charge is 0.491 e. The number of hydrogen-bond acceptors (Lipinski definition) is 3. The highest BCUT2D eigenvalue weighted by molar-refractivity contribution is 5.80. The van der Waals surface area contributed by atoms with E-state index in [0.717, 1.165) is 35.3 Å². The number of carbonyl (C=O) groups excluding carboxylic acids is 1. The third-order valence-corrected chi connectivity index (χ3v) is 5.05. The smallest absolute Gasteiger partial charge is 0.226 e. The molecule has 1 aromatic carbocycles. The molecule has 0 spiro atoms. The monoisotopic (exact) mass is 334 g/mol. The second-order valence-electron chi connectivity index (χ2n) is 6.83. The van der Waals surface area contributed by atoms with Gasteiger partial charge in [0.2, 0.25) is 5.91 Å². The lowest BCUT2D eigenvalue weighted by Crippen LogP contribution is -2.42. The molecule has 25 heavy (non-hydrogen) atoms. The molecule has 0 radical (unpaired) electrons. The molecule has 1 atom stereocenters. The predicted molar refractivity (Wildman–Crippen MR) is 97.0 cm³/mol. The van der Waals surface area contributed by atoms with Crippen LogP contribution in [0.5, 0.6) is 5.75 Å². The van der Waals surface area contributed by atoms with Crippen molar-refractivity contribution in [3.05, 3.63) is 60.4 Å². The van der Waals surface area contributed by atoms with Crippen LogP contribution >= 0.6 is 0 Å². The maximum Gasteiger partial charge on any atom is 0.226 e. The van der Waals surface area contributed by atoms with Crippen molar-refractivity contribution in [2.75, 3.05) is 6.61 Å². The van der Waals surface area contributed by atoms with Gasteiger partial charge >= 0.3 is 0 Å². The SMILES string of the molecule is C[C@H]1COc2ccc(-c3cccnc3)cc2CN1C(=O)C1CC=CC1. The summed E-state index contributed by atoms with van der Waals surface area (Å²) in [5.74, 6) is 1.20. The molecule has 1 amide bonds. The molecule has 128 valence electrons. The number of fused-ring (bicyclic) bond motifs is 1. The fourth-order valence-electron chi connectivity index (χ4n) is 3.55. The summed E-state index contributed by atoms with van der Waals surface area (Å²) < 4.78 is 5.97. The van der Waals surface area contributed by atoms with Crippen LogP contribution in [0.15, 0.2) is 54.9 Å². The Bertz CT molecular complexity index is 793. The molecule has 4 nitrogen and oxygen atoms in total. The van der Waals surface area contributed by atoms with E-state index in [4.69, 9.17) is 4.74 Å². The van der Waals surface area contributed by atoms with Crippen molar-refractivity contribution < 1.29 is 9.53 Å². The minimum Gasteiger partial charge on any atom is -0.491 e. The highest BCUT2D eigenvalue weighted by Crippen LogP contribution is 2.31. The molecule has 1 aliphatic heterocycles. The first kappa shape index (κ1) is 15.9. The number of hydrogen-bond donors (Lipinski definition) is 0. The van der Waals surface area contributed by atoms with E-state index in [-0.39, 0.29) is 17.9 Å². The molecule has 0 N–H and O–H groups in total. The number of aromatic nitrogens is 1. The van der Waals surface area contributed by atoms with Gasteiger partial charge in [-0.05, 0) is 43.5 Å². The molecule has 2 aliphatic rings. The van der Waals surface area contributed by atoms with E-state index in [2.05, 4.69) is 36.2 Å². The zero-order chi connectivity index (χ0) is 17.2. The van der Waals surface area contributed by atoms with E-state index in [1.54, 1.807) is 6.20 Å². The molecular formula is C21H22N2O2. The van der Waals surface area contributed by atoms with E-state index in [1.807, 2.05) is 29.3 Å². The number of amides is 1. The van der Waals surface area contributed by atoms with E-state index in [0.29, 0.717) is 13.2 Å².